The van der Waals surface area contributed by atoms with E-state index >= 15 is 0 Å². The van der Waals surface area contributed by atoms with Gasteiger partial charge in [0.05, 0.1) is 9.40 Å². The molecule has 4 nitrogen and oxygen atoms in total. The summed E-state index contributed by atoms with van der Waals surface area (Å²) < 4.78 is 1.41. The molecule has 0 unspecified atom stereocenters. The van der Waals surface area contributed by atoms with Gasteiger partial charge >= 0.3 is 0 Å². The fourth-order valence-electron chi connectivity index (χ4n) is 1.99. The molecule has 3 aromatic rings. The molecule has 0 spiro atoms. The zero-order valence-electron chi connectivity index (χ0n) is 8.77. The summed E-state index contributed by atoms with van der Waals surface area (Å²) in [5.74, 6) is 0.248. The molecule has 0 fully saturated rings. The van der Waals surface area contributed by atoms with Crippen LogP contribution in [0.1, 0.15) is 0 Å². The van der Waals surface area contributed by atoms with Gasteiger partial charge in [-0.25, -0.2) is 0 Å². The van der Waals surface area contributed by atoms with E-state index in [2.05, 4.69) is 0 Å². The van der Waals surface area contributed by atoms with Gasteiger partial charge in [-0.2, -0.15) is 0 Å². The van der Waals surface area contributed by atoms with Gasteiger partial charge in [-0.05, 0) is 12.1 Å². The van der Waals surface area contributed by atoms with E-state index in [-0.39, 0.29) is 11.5 Å². The molecule has 0 radical (unpaired) electrons. The van der Waals surface area contributed by atoms with Gasteiger partial charge in [0.1, 0.15) is 11.5 Å². The zero-order valence-corrected chi connectivity index (χ0v) is 9.58. The first-order valence-electron chi connectivity index (χ1n) is 4.99. The predicted molar refractivity (Wildman–Crippen MR) is 71.5 cm³/mol. The van der Waals surface area contributed by atoms with Crippen molar-refractivity contribution in [3.05, 3.63) is 24.3 Å². The highest BCUT2D eigenvalue weighted by atomic mass is 32.1. The summed E-state index contributed by atoms with van der Waals surface area (Å²) in [7, 11) is 0. The molecule has 0 saturated carbocycles. The van der Waals surface area contributed by atoms with Crippen molar-refractivity contribution in [2.75, 3.05) is 11.5 Å². The highest BCUT2D eigenvalue weighted by molar-refractivity contribution is 7.26. The standard InChI is InChI=1S/C12H10N2O2S/c13-5-1-7-8-2-6(14)4-10(16)12(8)17-11(7)9(15)3-5/h1-4,15-16H,13-14H2. The summed E-state index contributed by atoms with van der Waals surface area (Å²) in [5.41, 5.74) is 12.4. The van der Waals surface area contributed by atoms with Gasteiger partial charge in [0.25, 0.3) is 0 Å². The van der Waals surface area contributed by atoms with Crippen LogP contribution in [0.5, 0.6) is 11.5 Å². The van der Waals surface area contributed by atoms with Crippen LogP contribution in [0.15, 0.2) is 24.3 Å². The van der Waals surface area contributed by atoms with Gasteiger partial charge in [-0.15, -0.1) is 11.3 Å². The summed E-state index contributed by atoms with van der Waals surface area (Å²) >= 11 is 1.32. The summed E-state index contributed by atoms with van der Waals surface area (Å²) in [5, 5.41) is 21.3. The summed E-state index contributed by atoms with van der Waals surface area (Å²) in [4.78, 5) is 0. The average Bonchev–Trinajstić information content (AvgIpc) is 2.58. The molecular weight excluding hydrogens is 236 g/mol. The lowest BCUT2D eigenvalue weighted by Gasteiger charge is -1.99. The first-order chi connectivity index (χ1) is 8.06. The van der Waals surface area contributed by atoms with Gasteiger partial charge in [-0.3, -0.25) is 0 Å². The smallest absolute Gasteiger partial charge is 0.135 e. The molecule has 0 aliphatic rings. The van der Waals surface area contributed by atoms with Crippen LogP contribution in [0, 0.1) is 0 Å². The van der Waals surface area contributed by atoms with Crippen LogP contribution in [-0.2, 0) is 0 Å². The van der Waals surface area contributed by atoms with Crippen molar-refractivity contribution in [2.24, 2.45) is 0 Å². The van der Waals surface area contributed by atoms with Crippen molar-refractivity contribution in [2.45, 2.75) is 0 Å². The lowest BCUT2D eigenvalue weighted by molar-refractivity contribution is 0.482. The molecule has 5 heteroatoms. The SMILES string of the molecule is Nc1cc(O)c2sc3c(O)cc(N)cc3c2c1. The molecule has 2 aromatic carbocycles. The Morgan fingerprint density at radius 2 is 1.18 bits per heavy atom. The van der Waals surface area contributed by atoms with E-state index in [1.165, 1.54) is 23.5 Å². The van der Waals surface area contributed by atoms with Crippen LogP contribution in [0.4, 0.5) is 11.4 Å². The topological polar surface area (TPSA) is 92.5 Å². The molecule has 17 heavy (non-hydrogen) atoms. The minimum Gasteiger partial charge on any atom is -0.506 e. The predicted octanol–water partition coefficient (Wildman–Crippen LogP) is 2.63. The number of phenols is 2. The number of aromatic hydroxyl groups is 2. The van der Waals surface area contributed by atoms with Crippen LogP contribution in [0.3, 0.4) is 0 Å². The van der Waals surface area contributed by atoms with Gasteiger partial charge < -0.3 is 21.7 Å². The van der Waals surface area contributed by atoms with Crippen molar-refractivity contribution in [3.8, 4) is 11.5 Å². The number of hydrogen-bond acceptors (Lipinski definition) is 5. The maximum Gasteiger partial charge on any atom is 0.135 e. The average molecular weight is 246 g/mol. The third-order valence-electron chi connectivity index (χ3n) is 2.68. The van der Waals surface area contributed by atoms with E-state index in [0.717, 1.165) is 10.8 Å². The lowest BCUT2D eigenvalue weighted by atomic mass is 10.1. The normalized spacial score (nSPS) is 11.3. The van der Waals surface area contributed by atoms with Gasteiger partial charge in [0.2, 0.25) is 0 Å². The zero-order chi connectivity index (χ0) is 12.2. The van der Waals surface area contributed by atoms with Crippen LogP contribution < -0.4 is 11.5 Å². The molecule has 0 amide bonds. The number of thiophene rings is 1. The summed E-state index contributed by atoms with van der Waals surface area (Å²) in [6.07, 6.45) is 0. The van der Waals surface area contributed by atoms with E-state index in [1.807, 2.05) is 0 Å². The van der Waals surface area contributed by atoms with Crippen LogP contribution >= 0.6 is 11.3 Å². The minimum atomic E-state index is 0.124. The van der Waals surface area contributed by atoms with Gasteiger partial charge in [-0.1, -0.05) is 0 Å². The first-order valence-corrected chi connectivity index (χ1v) is 5.81. The van der Waals surface area contributed by atoms with Crippen LogP contribution in [0.2, 0.25) is 0 Å². The number of nitrogen functional groups attached to an aromatic ring is 2. The van der Waals surface area contributed by atoms with Crippen molar-refractivity contribution >= 4 is 42.9 Å². The Labute approximate surface area is 101 Å². The lowest BCUT2D eigenvalue weighted by Crippen LogP contribution is -1.84. The molecule has 86 valence electrons. The molecule has 3 rings (SSSR count). The second kappa shape index (κ2) is 3.18. The molecular formula is C12H10N2O2S. The van der Waals surface area contributed by atoms with Crippen molar-refractivity contribution in [1.29, 1.82) is 0 Å². The maximum atomic E-state index is 9.83. The van der Waals surface area contributed by atoms with Crippen molar-refractivity contribution in [3.63, 3.8) is 0 Å². The van der Waals surface area contributed by atoms with E-state index in [9.17, 15) is 10.2 Å². The minimum absolute atomic E-state index is 0.124. The Morgan fingerprint density at radius 3 is 1.59 bits per heavy atom. The highest BCUT2D eigenvalue weighted by Gasteiger charge is 2.12. The number of fused-ring (bicyclic) bond motifs is 3. The third-order valence-corrected chi connectivity index (χ3v) is 3.94. The van der Waals surface area contributed by atoms with Crippen LogP contribution in [0.25, 0.3) is 20.2 Å². The number of hydrogen-bond donors (Lipinski definition) is 4. The van der Waals surface area contributed by atoms with E-state index in [0.29, 0.717) is 20.8 Å². The Kier molecular flexibility index (Phi) is 1.88. The van der Waals surface area contributed by atoms with Gasteiger partial charge in [0.15, 0.2) is 0 Å². The quantitative estimate of drug-likeness (QED) is 0.459. The van der Waals surface area contributed by atoms with Crippen LogP contribution in [-0.4, -0.2) is 10.2 Å². The Morgan fingerprint density at radius 1 is 0.765 bits per heavy atom. The summed E-state index contributed by atoms with van der Waals surface area (Å²) in [6, 6.07) is 6.54. The number of nitrogens with two attached hydrogens (primary N) is 2. The molecule has 1 aromatic heterocycles. The second-order valence-corrected chi connectivity index (χ2v) is 4.96. The first kappa shape index (κ1) is 10.0. The van der Waals surface area contributed by atoms with E-state index < -0.39 is 0 Å². The molecule has 0 saturated heterocycles. The van der Waals surface area contributed by atoms with Crippen molar-refractivity contribution < 1.29 is 10.2 Å². The largest absolute Gasteiger partial charge is 0.506 e. The van der Waals surface area contributed by atoms with Crippen molar-refractivity contribution in [1.82, 2.24) is 0 Å². The molecule has 0 aliphatic carbocycles. The molecule has 6 N–H and O–H groups in total. The summed E-state index contributed by atoms with van der Waals surface area (Å²) in [6.45, 7) is 0. The highest BCUT2D eigenvalue weighted by Crippen LogP contribution is 2.44. The maximum absolute atomic E-state index is 9.83. The third kappa shape index (κ3) is 1.36. The van der Waals surface area contributed by atoms with E-state index in [4.69, 9.17) is 11.5 Å². The Balaban J connectivity index is 2.60. The molecule has 0 bridgehead atoms. The van der Waals surface area contributed by atoms with E-state index in [1.54, 1.807) is 12.1 Å². The Bertz CT molecular complexity index is 687. The fraction of sp³-hybridized carbons (Fsp3) is 0. The van der Waals surface area contributed by atoms with Gasteiger partial charge in [0, 0.05) is 34.3 Å². The number of anilines is 2. The molecule has 1 heterocycles. The Hall–Kier alpha value is -2.14. The monoisotopic (exact) mass is 246 g/mol. The number of benzene rings is 2. The second-order valence-electron chi connectivity index (χ2n) is 3.94. The molecule has 0 aliphatic heterocycles. The number of phenolic OH excluding ortho intramolecular Hbond substituents is 2. The fourth-order valence-corrected chi connectivity index (χ4v) is 3.08. The molecule has 0 atom stereocenters. The number of rotatable bonds is 0.